The second-order valence-corrected chi connectivity index (χ2v) is 14.0. The Morgan fingerprint density at radius 2 is 1.91 bits per heavy atom. The molecule has 0 aromatic carbocycles. The van der Waals surface area contributed by atoms with Crippen LogP contribution >= 0.6 is 0 Å². The van der Waals surface area contributed by atoms with Crippen molar-refractivity contribution in [3.8, 4) is 0 Å². The van der Waals surface area contributed by atoms with Crippen molar-refractivity contribution >= 4 is 10.4 Å². The normalized spacial score (nSPS) is 47.8. The molecule has 0 aromatic heterocycles. The maximum Gasteiger partial charge on any atom is 0.397 e. The molecule has 5 rings (SSSR count). The van der Waals surface area contributed by atoms with Gasteiger partial charge in [-0.1, -0.05) is 45.3 Å². The second-order valence-electron chi connectivity index (χ2n) is 13.0. The Balaban J connectivity index is 1.27. The van der Waals surface area contributed by atoms with E-state index in [9.17, 15) is 8.42 Å². The van der Waals surface area contributed by atoms with E-state index in [4.69, 9.17) is 13.5 Å². The van der Waals surface area contributed by atoms with E-state index in [1.165, 1.54) is 50.5 Å². The van der Waals surface area contributed by atoms with Gasteiger partial charge in [-0.2, -0.15) is 8.42 Å². The molecule has 5 nitrogen and oxygen atoms in total. The maximum atomic E-state index is 11.2. The molecule has 4 fully saturated rings. The van der Waals surface area contributed by atoms with Crippen LogP contribution in [0.3, 0.4) is 0 Å². The summed E-state index contributed by atoms with van der Waals surface area (Å²) in [5.74, 6) is 3.90. The molecule has 1 aliphatic heterocycles. The molecular formula is C27H44O5S. The van der Waals surface area contributed by atoms with E-state index in [0.29, 0.717) is 24.2 Å². The van der Waals surface area contributed by atoms with Crippen LogP contribution < -0.4 is 0 Å². The molecule has 9 atom stereocenters. The lowest BCUT2D eigenvalue weighted by molar-refractivity contribution is -0.0560. The number of ether oxygens (including phenoxy) is 1. The van der Waals surface area contributed by atoms with Gasteiger partial charge in [-0.25, -0.2) is 4.18 Å². The first-order valence-corrected chi connectivity index (χ1v) is 14.8. The minimum absolute atomic E-state index is 0.159. The highest BCUT2D eigenvalue weighted by atomic mass is 32.3. The molecule has 0 spiro atoms. The van der Waals surface area contributed by atoms with Crippen molar-refractivity contribution in [1.82, 2.24) is 0 Å². The zero-order valence-electron chi connectivity index (χ0n) is 21.0. The van der Waals surface area contributed by atoms with Crippen LogP contribution in [0.5, 0.6) is 0 Å². The first-order valence-electron chi connectivity index (χ1n) is 13.4. The van der Waals surface area contributed by atoms with Crippen molar-refractivity contribution in [2.24, 2.45) is 40.4 Å². The summed E-state index contributed by atoms with van der Waals surface area (Å²) < 4.78 is 42.2. The molecule has 33 heavy (non-hydrogen) atoms. The number of hydrogen-bond donors (Lipinski definition) is 1. The predicted molar refractivity (Wildman–Crippen MR) is 129 cm³/mol. The topological polar surface area (TPSA) is 76.1 Å². The van der Waals surface area contributed by atoms with Gasteiger partial charge in [0.25, 0.3) is 0 Å². The lowest BCUT2D eigenvalue weighted by atomic mass is 9.47. The van der Waals surface area contributed by atoms with Crippen molar-refractivity contribution in [2.75, 3.05) is 6.61 Å². The van der Waals surface area contributed by atoms with E-state index in [0.717, 1.165) is 43.1 Å². The van der Waals surface area contributed by atoms with Gasteiger partial charge >= 0.3 is 10.4 Å². The molecule has 3 saturated carbocycles. The van der Waals surface area contributed by atoms with Crippen molar-refractivity contribution in [2.45, 2.75) is 110 Å². The number of epoxide rings is 1. The molecule has 1 N–H and O–H groups in total. The molecule has 188 valence electrons. The Labute approximate surface area is 201 Å². The van der Waals surface area contributed by atoms with Gasteiger partial charge in [-0.05, 0) is 105 Å². The molecule has 0 radical (unpaired) electrons. The van der Waals surface area contributed by atoms with Crippen LogP contribution in [0.15, 0.2) is 11.6 Å². The summed E-state index contributed by atoms with van der Waals surface area (Å²) in [6.45, 7) is 10.8. The van der Waals surface area contributed by atoms with Crippen LogP contribution in [0.4, 0.5) is 0 Å². The van der Waals surface area contributed by atoms with Gasteiger partial charge in [-0.15, -0.1) is 0 Å². The van der Waals surface area contributed by atoms with E-state index in [-0.39, 0.29) is 11.0 Å². The minimum atomic E-state index is -4.38. The monoisotopic (exact) mass is 480 g/mol. The highest BCUT2D eigenvalue weighted by Gasteiger charge is 2.59. The van der Waals surface area contributed by atoms with Crippen molar-refractivity contribution in [3.05, 3.63) is 11.6 Å². The quantitative estimate of drug-likeness (QED) is 0.261. The molecular weight excluding hydrogens is 436 g/mol. The number of fused-ring (bicyclic) bond motifs is 5. The summed E-state index contributed by atoms with van der Waals surface area (Å²) in [6, 6.07) is 0. The number of allylic oxidation sites excluding steroid dienone is 1. The largest absolute Gasteiger partial charge is 0.397 e. The van der Waals surface area contributed by atoms with Crippen LogP contribution in [0.2, 0.25) is 0 Å². The first kappa shape index (κ1) is 24.3. The molecule has 1 unspecified atom stereocenters. The minimum Gasteiger partial charge on any atom is -0.370 e. The second kappa shape index (κ2) is 8.31. The average molecular weight is 481 g/mol. The average Bonchev–Trinajstić information content (AvgIpc) is 3.34. The van der Waals surface area contributed by atoms with E-state index in [1.807, 2.05) is 0 Å². The summed E-state index contributed by atoms with van der Waals surface area (Å²) in [5, 5.41) is 0. The summed E-state index contributed by atoms with van der Waals surface area (Å²) in [5.41, 5.74) is 2.19. The van der Waals surface area contributed by atoms with Crippen LogP contribution in [-0.4, -0.2) is 31.3 Å². The summed E-state index contributed by atoms with van der Waals surface area (Å²) in [7, 11) is -4.38. The number of rotatable bonds is 7. The smallest absolute Gasteiger partial charge is 0.370 e. The van der Waals surface area contributed by atoms with Crippen LogP contribution in [-0.2, 0) is 19.3 Å². The van der Waals surface area contributed by atoms with Gasteiger partial charge in [0, 0.05) is 0 Å². The molecule has 4 aliphatic carbocycles. The van der Waals surface area contributed by atoms with Crippen molar-refractivity contribution in [3.63, 3.8) is 0 Å². The van der Waals surface area contributed by atoms with Crippen LogP contribution in [0.25, 0.3) is 0 Å². The Kier molecular flexibility index (Phi) is 6.12. The Hall–Kier alpha value is -0.430. The molecule has 0 amide bonds. The summed E-state index contributed by atoms with van der Waals surface area (Å²) >= 11 is 0. The van der Waals surface area contributed by atoms with Crippen LogP contribution in [0, 0.1) is 40.4 Å². The van der Waals surface area contributed by atoms with Gasteiger partial charge in [0.15, 0.2) is 0 Å². The molecule has 0 bridgehead atoms. The summed E-state index contributed by atoms with van der Waals surface area (Å²) in [6.07, 6.45) is 14.7. The lowest BCUT2D eigenvalue weighted by Crippen LogP contribution is -2.51. The Morgan fingerprint density at radius 3 is 2.61 bits per heavy atom. The maximum absolute atomic E-state index is 11.2. The molecule has 5 aliphatic rings. The molecule has 1 saturated heterocycles. The van der Waals surface area contributed by atoms with Gasteiger partial charge in [0.1, 0.15) is 0 Å². The van der Waals surface area contributed by atoms with Crippen LogP contribution in [0.1, 0.15) is 98.3 Å². The third kappa shape index (κ3) is 4.47. The third-order valence-electron chi connectivity index (χ3n) is 11.1. The summed E-state index contributed by atoms with van der Waals surface area (Å²) in [4.78, 5) is 0. The number of hydrogen-bond acceptors (Lipinski definition) is 4. The Morgan fingerprint density at radius 1 is 1.15 bits per heavy atom. The highest BCUT2D eigenvalue weighted by molar-refractivity contribution is 7.80. The molecule has 0 aromatic rings. The predicted octanol–water partition coefficient (Wildman–Crippen LogP) is 6.35. The van der Waals surface area contributed by atoms with E-state index in [2.05, 4.69) is 33.8 Å². The third-order valence-corrected chi connectivity index (χ3v) is 11.6. The zero-order chi connectivity index (χ0) is 23.6. The molecule has 6 heteroatoms. The lowest BCUT2D eigenvalue weighted by Gasteiger charge is -2.58. The highest BCUT2D eigenvalue weighted by Crippen LogP contribution is 2.67. The fourth-order valence-corrected chi connectivity index (χ4v) is 9.63. The SMILES string of the molecule is C[C@H](CCCC1(C)CO1)[C@H]1CC[C@H]2[C@@H]3CC=C4C[C@@H](OS(=O)(=O)O)CC[C@]4(C)[C@H]3CC[C@]12C. The standard InChI is InChI=1S/C27H44O5S/c1-18(6-5-13-25(2)17-31-25)22-9-10-23-21-8-7-19-16-20(32-33(28,29)30)11-14-26(19,3)24(21)12-15-27(22,23)4/h7,18,20-24H,5-6,8-17H2,1-4H3,(H,28,29,30)/t18-,20+,21+,22-,23+,24+,25?,26+,27-/m1/s1. The fourth-order valence-electron chi connectivity index (χ4n) is 9.12. The van der Waals surface area contributed by atoms with Crippen molar-refractivity contribution < 1.29 is 21.9 Å². The van der Waals surface area contributed by atoms with Gasteiger partial charge in [-0.3, -0.25) is 4.55 Å². The Bertz CT molecular complexity index is 892. The van der Waals surface area contributed by atoms with E-state index >= 15 is 0 Å². The fraction of sp³-hybridized carbons (Fsp3) is 0.926. The van der Waals surface area contributed by atoms with Gasteiger partial charge in [0.2, 0.25) is 0 Å². The molecule has 1 heterocycles. The van der Waals surface area contributed by atoms with Gasteiger partial charge in [0.05, 0.1) is 18.3 Å². The van der Waals surface area contributed by atoms with E-state index in [1.54, 1.807) is 0 Å². The zero-order valence-corrected chi connectivity index (χ0v) is 21.8. The first-order chi connectivity index (χ1) is 15.4. The van der Waals surface area contributed by atoms with E-state index < -0.39 is 16.5 Å². The van der Waals surface area contributed by atoms with Crippen molar-refractivity contribution in [1.29, 1.82) is 0 Å². The van der Waals surface area contributed by atoms with Gasteiger partial charge < -0.3 is 4.74 Å².